The highest BCUT2D eigenvalue weighted by atomic mass is 35.5. The predicted octanol–water partition coefficient (Wildman–Crippen LogP) is 2.42. The number of aromatic nitrogens is 1. The van der Waals surface area contributed by atoms with Gasteiger partial charge in [0.05, 0.1) is 17.7 Å². The third-order valence-corrected chi connectivity index (χ3v) is 4.10. The molecule has 5 heteroatoms. The average molecular weight is 279 g/mol. The summed E-state index contributed by atoms with van der Waals surface area (Å²) in [5, 5.41) is 10.6. The van der Waals surface area contributed by atoms with Gasteiger partial charge in [-0.1, -0.05) is 29.8 Å². The van der Waals surface area contributed by atoms with E-state index in [-0.39, 0.29) is 18.6 Å². The molecule has 4 nitrogen and oxygen atoms in total. The van der Waals surface area contributed by atoms with E-state index in [2.05, 4.69) is 4.98 Å². The largest absolute Gasteiger partial charge is 0.394 e. The SMILES string of the molecule is O=C(c1[nH]c2ccccc2c1Cl)N1CCC[C@@H]1CO. The van der Waals surface area contributed by atoms with Crippen molar-refractivity contribution in [1.82, 2.24) is 9.88 Å². The molecule has 2 aromatic rings. The molecule has 3 rings (SSSR count). The fourth-order valence-corrected chi connectivity index (χ4v) is 2.98. The molecule has 100 valence electrons. The fraction of sp³-hybridized carbons (Fsp3) is 0.357. The first-order valence-electron chi connectivity index (χ1n) is 6.40. The Morgan fingerprint density at radius 1 is 1.47 bits per heavy atom. The normalized spacial score (nSPS) is 19.3. The molecule has 0 saturated carbocycles. The molecule has 1 saturated heterocycles. The van der Waals surface area contributed by atoms with Crippen LogP contribution in [0.1, 0.15) is 23.3 Å². The van der Waals surface area contributed by atoms with E-state index in [1.165, 1.54) is 0 Å². The second-order valence-electron chi connectivity index (χ2n) is 4.84. The zero-order valence-electron chi connectivity index (χ0n) is 10.4. The summed E-state index contributed by atoms with van der Waals surface area (Å²) in [6, 6.07) is 7.48. The number of likely N-dealkylation sites (tertiary alicyclic amines) is 1. The number of hydrogen-bond acceptors (Lipinski definition) is 2. The summed E-state index contributed by atoms with van der Waals surface area (Å²) < 4.78 is 0. The van der Waals surface area contributed by atoms with Crippen LogP contribution in [0.2, 0.25) is 5.02 Å². The Morgan fingerprint density at radius 2 is 2.26 bits per heavy atom. The summed E-state index contributed by atoms with van der Waals surface area (Å²) in [6.45, 7) is 0.680. The number of aliphatic hydroxyl groups is 1. The first-order chi connectivity index (χ1) is 9.22. The molecule has 0 spiro atoms. The van der Waals surface area contributed by atoms with Crippen LogP contribution in [-0.2, 0) is 0 Å². The molecule has 1 aliphatic heterocycles. The predicted molar refractivity (Wildman–Crippen MR) is 74.5 cm³/mol. The number of aromatic amines is 1. The first-order valence-corrected chi connectivity index (χ1v) is 6.78. The molecule has 1 aliphatic rings. The van der Waals surface area contributed by atoms with E-state index >= 15 is 0 Å². The first kappa shape index (κ1) is 12.5. The highest BCUT2D eigenvalue weighted by Gasteiger charge is 2.31. The summed E-state index contributed by atoms with van der Waals surface area (Å²) in [6.07, 6.45) is 1.77. The van der Waals surface area contributed by atoms with Crippen molar-refractivity contribution < 1.29 is 9.90 Å². The maximum atomic E-state index is 12.5. The number of aliphatic hydroxyl groups excluding tert-OH is 1. The van der Waals surface area contributed by atoms with Crippen molar-refractivity contribution in [3.63, 3.8) is 0 Å². The van der Waals surface area contributed by atoms with Crippen LogP contribution >= 0.6 is 11.6 Å². The van der Waals surface area contributed by atoms with Gasteiger partial charge in [0.2, 0.25) is 0 Å². The van der Waals surface area contributed by atoms with Gasteiger partial charge in [-0.3, -0.25) is 4.79 Å². The topological polar surface area (TPSA) is 56.3 Å². The monoisotopic (exact) mass is 278 g/mol. The van der Waals surface area contributed by atoms with Gasteiger partial charge in [-0.05, 0) is 18.9 Å². The summed E-state index contributed by atoms with van der Waals surface area (Å²) in [4.78, 5) is 17.3. The van der Waals surface area contributed by atoms with Crippen LogP contribution < -0.4 is 0 Å². The van der Waals surface area contributed by atoms with E-state index in [9.17, 15) is 9.90 Å². The number of benzene rings is 1. The smallest absolute Gasteiger partial charge is 0.272 e. The minimum atomic E-state index is -0.127. The third-order valence-electron chi connectivity index (χ3n) is 3.71. The maximum Gasteiger partial charge on any atom is 0.272 e. The summed E-state index contributed by atoms with van der Waals surface area (Å²) in [7, 11) is 0. The molecule has 0 bridgehead atoms. The van der Waals surface area contributed by atoms with E-state index in [4.69, 9.17) is 11.6 Å². The number of nitrogens with zero attached hydrogens (tertiary/aromatic N) is 1. The van der Waals surface area contributed by atoms with Gasteiger partial charge in [-0.15, -0.1) is 0 Å². The van der Waals surface area contributed by atoms with Crippen molar-refractivity contribution in [3.8, 4) is 0 Å². The number of halogens is 1. The number of carbonyl (C=O) groups excluding carboxylic acids is 1. The van der Waals surface area contributed by atoms with E-state index in [1.807, 2.05) is 24.3 Å². The fourth-order valence-electron chi connectivity index (χ4n) is 2.69. The number of fused-ring (bicyclic) bond motifs is 1. The molecular weight excluding hydrogens is 264 g/mol. The summed E-state index contributed by atoms with van der Waals surface area (Å²) in [5.41, 5.74) is 1.28. The molecule has 2 N–H and O–H groups in total. The van der Waals surface area contributed by atoms with E-state index in [1.54, 1.807) is 4.90 Å². The van der Waals surface area contributed by atoms with Crippen molar-refractivity contribution >= 4 is 28.4 Å². The Morgan fingerprint density at radius 3 is 3.00 bits per heavy atom. The van der Waals surface area contributed by atoms with Crippen LogP contribution in [0.5, 0.6) is 0 Å². The zero-order chi connectivity index (χ0) is 13.4. The Balaban J connectivity index is 2.00. The highest BCUT2D eigenvalue weighted by Crippen LogP contribution is 2.29. The van der Waals surface area contributed by atoms with Gasteiger partial charge in [0, 0.05) is 17.4 Å². The Labute approximate surface area is 116 Å². The number of hydrogen-bond donors (Lipinski definition) is 2. The van der Waals surface area contributed by atoms with Gasteiger partial charge in [-0.2, -0.15) is 0 Å². The van der Waals surface area contributed by atoms with Crippen molar-refractivity contribution in [2.45, 2.75) is 18.9 Å². The zero-order valence-corrected chi connectivity index (χ0v) is 11.2. The lowest BCUT2D eigenvalue weighted by atomic mass is 10.2. The second kappa shape index (κ2) is 4.87. The van der Waals surface area contributed by atoms with Crippen LogP contribution in [0.25, 0.3) is 10.9 Å². The van der Waals surface area contributed by atoms with Crippen LogP contribution in [0.4, 0.5) is 0 Å². The molecule has 1 aromatic carbocycles. The lowest BCUT2D eigenvalue weighted by Gasteiger charge is -2.22. The number of H-pyrrole nitrogens is 1. The Hall–Kier alpha value is -1.52. The molecule has 19 heavy (non-hydrogen) atoms. The molecular formula is C14H15ClN2O2. The van der Waals surface area contributed by atoms with Crippen LogP contribution in [0.15, 0.2) is 24.3 Å². The van der Waals surface area contributed by atoms with Gasteiger partial charge in [0.1, 0.15) is 5.69 Å². The van der Waals surface area contributed by atoms with E-state index < -0.39 is 0 Å². The van der Waals surface area contributed by atoms with E-state index in [0.29, 0.717) is 17.3 Å². The molecule has 0 unspecified atom stereocenters. The quantitative estimate of drug-likeness (QED) is 0.886. The second-order valence-corrected chi connectivity index (χ2v) is 5.21. The Kier molecular flexibility index (Phi) is 3.21. The molecule has 1 aromatic heterocycles. The number of carbonyl (C=O) groups is 1. The summed E-state index contributed by atoms with van der Waals surface area (Å²) >= 11 is 6.28. The van der Waals surface area contributed by atoms with Crippen LogP contribution in [0, 0.1) is 0 Å². The number of nitrogens with one attached hydrogen (secondary N) is 1. The Bertz CT molecular complexity index is 623. The van der Waals surface area contributed by atoms with Crippen molar-refractivity contribution in [3.05, 3.63) is 35.0 Å². The van der Waals surface area contributed by atoms with Crippen molar-refractivity contribution in [2.75, 3.05) is 13.2 Å². The number of para-hydroxylation sites is 1. The van der Waals surface area contributed by atoms with E-state index in [0.717, 1.165) is 23.7 Å². The van der Waals surface area contributed by atoms with Crippen LogP contribution in [0.3, 0.4) is 0 Å². The highest BCUT2D eigenvalue weighted by molar-refractivity contribution is 6.38. The molecule has 0 radical (unpaired) electrons. The van der Waals surface area contributed by atoms with Crippen molar-refractivity contribution in [2.24, 2.45) is 0 Å². The van der Waals surface area contributed by atoms with Gasteiger partial charge >= 0.3 is 0 Å². The minimum Gasteiger partial charge on any atom is -0.394 e. The lowest BCUT2D eigenvalue weighted by molar-refractivity contribution is 0.0673. The maximum absolute atomic E-state index is 12.5. The van der Waals surface area contributed by atoms with Gasteiger partial charge in [-0.25, -0.2) is 0 Å². The lowest BCUT2D eigenvalue weighted by Crippen LogP contribution is -2.37. The molecule has 1 atom stereocenters. The van der Waals surface area contributed by atoms with Gasteiger partial charge in [0.25, 0.3) is 5.91 Å². The number of rotatable bonds is 2. The van der Waals surface area contributed by atoms with Gasteiger partial charge < -0.3 is 15.0 Å². The molecule has 1 amide bonds. The molecule has 2 heterocycles. The van der Waals surface area contributed by atoms with Crippen LogP contribution in [-0.4, -0.2) is 40.1 Å². The average Bonchev–Trinajstić information content (AvgIpc) is 3.03. The van der Waals surface area contributed by atoms with Gasteiger partial charge in [0.15, 0.2) is 0 Å². The number of amides is 1. The molecule has 1 fully saturated rings. The third kappa shape index (κ3) is 2.01. The molecule has 0 aliphatic carbocycles. The van der Waals surface area contributed by atoms with Crippen molar-refractivity contribution in [1.29, 1.82) is 0 Å². The minimum absolute atomic E-state index is 0.00356. The standard InChI is InChI=1S/C14H15ClN2O2/c15-12-10-5-1-2-6-11(10)16-13(12)14(19)17-7-3-4-9(17)8-18/h1-2,5-6,9,16,18H,3-4,7-8H2/t9-/m1/s1. The summed E-state index contributed by atoms with van der Waals surface area (Å²) in [5.74, 6) is -0.127.